The first kappa shape index (κ1) is 37.4. The van der Waals surface area contributed by atoms with Crippen molar-refractivity contribution in [2.24, 2.45) is 23.7 Å². The van der Waals surface area contributed by atoms with Gasteiger partial charge >= 0.3 is 12.2 Å². The third-order valence-electron chi connectivity index (χ3n) is 11.2. The average molecular weight is 757 g/mol. The molecule has 8 rings (SSSR count). The SMILES string of the molecule is CC1C(CCc2nc3ccc(-c4ccc5nc(-c6ccc7nc(CCC8C(C)C8NC(=O)OC(C)(C)C)[nH]c7c6)cnc5c4)cc3[nH]2)C1NC(=O)OC(C)(C)C. The summed E-state index contributed by atoms with van der Waals surface area (Å²) in [5.74, 6) is 3.52. The number of aryl methyl sites for hydroxylation is 2. The minimum absolute atomic E-state index is 0.135. The number of carbonyl (C=O) groups is 2. The Bertz CT molecular complexity index is 2270. The van der Waals surface area contributed by atoms with Gasteiger partial charge in [-0.25, -0.2) is 24.5 Å². The number of aromatic amines is 2. The number of carbonyl (C=O) groups excluding carboxylic acids is 2. The maximum Gasteiger partial charge on any atom is 0.407 e. The summed E-state index contributed by atoms with van der Waals surface area (Å²) >= 11 is 0. The highest BCUT2D eigenvalue weighted by molar-refractivity contribution is 5.87. The summed E-state index contributed by atoms with van der Waals surface area (Å²) in [5.41, 5.74) is 8.31. The van der Waals surface area contributed by atoms with Gasteiger partial charge in [0.1, 0.15) is 22.9 Å². The first-order valence-electron chi connectivity index (χ1n) is 19.8. The van der Waals surface area contributed by atoms with Crippen LogP contribution in [0, 0.1) is 23.7 Å². The summed E-state index contributed by atoms with van der Waals surface area (Å²) in [6.07, 6.45) is 4.61. The van der Waals surface area contributed by atoms with E-state index in [0.29, 0.717) is 23.7 Å². The molecule has 0 spiro atoms. The number of hydrogen-bond donors (Lipinski definition) is 4. The lowest BCUT2D eigenvalue weighted by molar-refractivity contribution is 0.0507. The van der Waals surface area contributed by atoms with Crippen molar-refractivity contribution < 1.29 is 19.1 Å². The molecule has 2 aliphatic carbocycles. The molecule has 0 aliphatic heterocycles. The van der Waals surface area contributed by atoms with E-state index in [4.69, 9.17) is 29.4 Å². The molecular formula is C44H52N8O4. The number of hydrogen-bond acceptors (Lipinski definition) is 8. The maximum absolute atomic E-state index is 12.2. The molecule has 4 N–H and O–H groups in total. The molecule has 12 nitrogen and oxygen atoms in total. The van der Waals surface area contributed by atoms with Gasteiger partial charge in [-0.2, -0.15) is 0 Å². The first-order chi connectivity index (χ1) is 26.6. The second-order valence-corrected chi connectivity index (χ2v) is 17.8. The van der Waals surface area contributed by atoms with Crippen LogP contribution in [-0.4, -0.2) is 65.4 Å². The number of amides is 2. The van der Waals surface area contributed by atoms with Crippen LogP contribution in [0.3, 0.4) is 0 Å². The normalized spacial score (nSPS) is 22.0. The van der Waals surface area contributed by atoms with Gasteiger partial charge < -0.3 is 30.1 Å². The Morgan fingerprint density at radius 1 is 0.625 bits per heavy atom. The van der Waals surface area contributed by atoms with Crippen LogP contribution in [0.25, 0.3) is 55.5 Å². The van der Waals surface area contributed by atoms with E-state index >= 15 is 0 Å². The van der Waals surface area contributed by atoms with E-state index in [0.717, 1.165) is 92.8 Å². The van der Waals surface area contributed by atoms with Crippen LogP contribution in [-0.2, 0) is 22.3 Å². The average Bonchev–Trinajstić information content (AvgIpc) is 3.71. The number of fused-ring (bicyclic) bond motifs is 3. The Morgan fingerprint density at radius 3 is 1.61 bits per heavy atom. The van der Waals surface area contributed by atoms with E-state index in [2.05, 4.69) is 70.8 Å². The van der Waals surface area contributed by atoms with Gasteiger partial charge in [0.25, 0.3) is 0 Å². The van der Waals surface area contributed by atoms with Gasteiger partial charge in [-0.3, -0.25) is 4.98 Å². The van der Waals surface area contributed by atoms with E-state index in [1.165, 1.54) is 0 Å². The smallest absolute Gasteiger partial charge is 0.407 e. The largest absolute Gasteiger partial charge is 0.444 e. The lowest BCUT2D eigenvalue weighted by Crippen LogP contribution is -2.34. The van der Waals surface area contributed by atoms with Crippen molar-refractivity contribution in [3.05, 3.63) is 72.4 Å². The number of alkyl carbamates (subject to hydrolysis) is 2. The number of nitrogens with one attached hydrogen (secondary N) is 4. The zero-order chi connectivity index (χ0) is 39.5. The molecule has 12 heteroatoms. The fourth-order valence-corrected chi connectivity index (χ4v) is 7.98. The molecule has 3 aromatic heterocycles. The van der Waals surface area contributed by atoms with Crippen molar-refractivity contribution in [3.8, 4) is 22.4 Å². The molecule has 3 heterocycles. The lowest BCUT2D eigenvalue weighted by atomic mass is 10.0. The van der Waals surface area contributed by atoms with Crippen LogP contribution in [0.4, 0.5) is 9.59 Å². The zero-order valence-corrected chi connectivity index (χ0v) is 33.5. The van der Waals surface area contributed by atoms with Crippen LogP contribution in [0.5, 0.6) is 0 Å². The number of benzene rings is 3. The van der Waals surface area contributed by atoms with Crippen LogP contribution < -0.4 is 10.6 Å². The summed E-state index contributed by atoms with van der Waals surface area (Å²) < 4.78 is 10.9. The van der Waals surface area contributed by atoms with Gasteiger partial charge in [-0.15, -0.1) is 0 Å². The predicted molar refractivity (Wildman–Crippen MR) is 218 cm³/mol. The number of aromatic nitrogens is 6. The highest BCUT2D eigenvalue weighted by Crippen LogP contribution is 2.43. The molecule has 3 aromatic carbocycles. The molecule has 0 radical (unpaired) electrons. The van der Waals surface area contributed by atoms with Gasteiger partial charge in [-0.05, 0) is 126 Å². The Labute approximate surface area is 327 Å². The van der Waals surface area contributed by atoms with Gasteiger partial charge in [0.15, 0.2) is 0 Å². The second kappa shape index (κ2) is 14.2. The van der Waals surface area contributed by atoms with E-state index < -0.39 is 11.2 Å². The van der Waals surface area contributed by atoms with Gasteiger partial charge in [0.05, 0.1) is 45.0 Å². The lowest BCUT2D eigenvalue weighted by Gasteiger charge is -2.19. The predicted octanol–water partition coefficient (Wildman–Crippen LogP) is 8.90. The summed E-state index contributed by atoms with van der Waals surface area (Å²) in [4.78, 5) is 51.0. The summed E-state index contributed by atoms with van der Waals surface area (Å²) in [6, 6.07) is 18.9. The molecular weight excluding hydrogens is 705 g/mol. The third-order valence-corrected chi connectivity index (χ3v) is 11.2. The van der Waals surface area contributed by atoms with E-state index in [1.807, 2.05) is 65.9 Å². The molecule has 2 amide bonds. The van der Waals surface area contributed by atoms with Crippen LogP contribution >= 0.6 is 0 Å². The third kappa shape index (κ3) is 8.34. The molecule has 6 unspecified atom stereocenters. The Morgan fingerprint density at radius 2 is 1.09 bits per heavy atom. The summed E-state index contributed by atoms with van der Waals surface area (Å²) in [6.45, 7) is 15.6. The molecule has 6 aromatic rings. The topological polar surface area (TPSA) is 160 Å². The second-order valence-electron chi connectivity index (χ2n) is 17.8. The van der Waals surface area contributed by atoms with Crippen molar-refractivity contribution in [3.63, 3.8) is 0 Å². The standard InChI is InChI=1S/C44H52N8O4/c1-23-28(39(23)51-41(53)55-43(3,4)5)12-17-37-47-31-15-10-26(20-34(31)49-37)25-9-14-30-33(19-25)45-22-36(46-30)27-11-16-32-35(21-27)50-38(48-32)18-13-29-24(2)40(29)52-42(54)56-44(6,7)8/h9-11,14-16,19-24,28-29,39-40H,12-13,17-18H2,1-8H3,(H,47,49)(H,48,50)(H,51,53)(H,52,54). The Kier molecular flexibility index (Phi) is 9.49. The minimum atomic E-state index is -0.510. The first-order valence-corrected chi connectivity index (χ1v) is 19.8. The fourth-order valence-electron chi connectivity index (χ4n) is 7.98. The van der Waals surface area contributed by atoms with Crippen molar-refractivity contribution in [1.82, 2.24) is 40.5 Å². The van der Waals surface area contributed by atoms with E-state index in [1.54, 1.807) is 0 Å². The molecule has 6 atom stereocenters. The summed E-state index contributed by atoms with van der Waals surface area (Å²) in [7, 11) is 0. The number of imidazole rings is 2. The number of rotatable bonds is 10. The van der Waals surface area contributed by atoms with E-state index in [-0.39, 0.29) is 24.3 Å². The van der Waals surface area contributed by atoms with Crippen LogP contribution in [0.15, 0.2) is 60.8 Å². The maximum atomic E-state index is 12.2. The van der Waals surface area contributed by atoms with Crippen LogP contribution in [0.2, 0.25) is 0 Å². The van der Waals surface area contributed by atoms with Gasteiger partial charge in [0, 0.05) is 30.5 Å². The highest BCUT2D eigenvalue weighted by Gasteiger charge is 2.48. The van der Waals surface area contributed by atoms with Crippen molar-refractivity contribution in [2.45, 2.75) is 104 Å². The highest BCUT2D eigenvalue weighted by atomic mass is 16.6. The molecule has 292 valence electrons. The molecule has 2 saturated carbocycles. The molecule has 0 bridgehead atoms. The minimum Gasteiger partial charge on any atom is -0.444 e. The van der Waals surface area contributed by atoms with Gasteiger partial charge in [0.2, 0.25) is 0 Å². The van der Waals surface area contributed by atoms with Gasteiger partial charge in [-0.1, -0.05) is 32.0 Å². The van der Waals surface area contributed by atoms with Crippen molar-refractivity contribution in [2.75, 3.05) is 0 Å². The Balaban J connectivity index is 0.887. The monoisotopic (exact) mass is 756 g/mol. The van der Waals surface area contributed by atoms with Crippen molar-refractivity contribution in [1.29, 1.82) is 0 Å². The molecule has 2 aliphatic rings. The van der Waals surface area contributed by atoms with E-state index in [9.17, 15) is 9.59 Å². The molecule has 56 heavy (non-hydrogen) atoms. The van der Waals surface area contributed by atoms with Crippen molar-refractivity contribution >= 4 is 45.3 Å². The Hall–Kier alpha value is -5.52. The quantitative estimate of drug-likeness (QED) is 0.108. The number of nitrogens with zero attached hydrogens (tertiary/aromatic N) is 4. The molecule has 0 saturated heterocycles. The number of H-pyrrole nitrogens is 2. The number of ether oxygens (including phenoxy) is 2. The van der Waals surface area contributed by atoms with Crippen LogP contribution in [0.1, 0.15) is 79.9 Å². The zero-order valence-electron chi connectivity index (χ0n) is 33.5. The fraction of sp³-hybridized carbons (Fsp3) is 0.455. The summed E-state index contributed by atoms with van der Waals surface area (Å²) in [5, 5.41) is 6.06. The molecule has 2 fully saturated rings.